The molecule has 2 aromatic rings. The Kier molecular flexibility index (Phi) is 6.41. The molecule has 0 N–H and O–H groups in total. The fraction of sp³-hybridized carbons (Fsp3) is 0.158. The Labute approximate surface area is 147 Å². The van der Waals surface area contributed by atoms with E-state index in [1.165, 1.54) is 0 Å². The van der Waals surface area contributed by atoms with Crippen LogP contribution in [0.5, 0.6) is 0 Å². The maximum absolute atomic E-state index is 12.4. The van der Waals surface area contributed by atoms with Crippen molar-refractivity contribution in [3.8, 4) is 6.07 Å². The van der Waals surface area contributed by atoms with Crippen LogP contribution in [-0.4, -0.2) is 17.4 Å². The van der Waals surface area contributed by atoms with Crippen molar-refractivity contribution in [2.24, 2.45) is 0 Å². The van der Waals surface area contributed by atoms with E-state index in [4.69, 9.17) is 11.6 Å². The van der Waals surface area contributed by atoms with Crippen molar-refractivity contribution in [2.75, 3.05) is 6.54 Å². The van der Waals surface area contributed by atoms with Gasteiger partial charge in [0.25, 0.3) is 0 Å². The first-order chi connectivity index (χ1) is 11.6. The summed E-state index contributed by atoms with van der Waals surface area (Å²) < 4.78 is 0. The summed E-state index contributed by atoms with van der Waals surface area (Å²) in [6.45, 7) is 6.06. The molecule has 2 rings (SSSR count). The highest BCUT2D eigenvalue weighted by molar-refractivity contribution is 6.30. The lowest BCUT2D eigenvalue weighted by molar-refractivity contribution is -0.126. The molecule has 5 heteroatoms. The Morgan fingerprint density at radius 2 is 1.96 bits per heavy atom. The molecular formula is C19H18ClN3O. The minimum Gasteiger partial charge on any atom is -0.316 e. The van der Waals surface area contributed by atoms with E-state index in [1.54, 1.807) is 35.2 Å². The van der Waals surface area contributed by atoms with E-state index in [2.05, 4.69) is 23.0 Å². The fourth-order valence-corrected chi connectivity index (χ4v) is 2.29. The van der Waals surface area contributed by atoms with Gasteiger partial charge in [-0.05, 0) is 24.6 Å². The lowest BCUT2D eigenvalue weighted by atomic mass is 10.1. The van der Waals surface area contributed by atoms with Gasteiger partial charge in [-0.25, -0.2) is 0 Å². The van der Waals surface area contributed by atoms with Crippen LogP contribution in [0.4, 0.5) is 5.69 Å². The summed E-state index contributed by atoms with van der Waals surface area (Å²) in [7, 11) is 0. The van der Waals surface area contributed by atoms with Crippen molar-refractivity contribution < 1.29 is 4.79 Å². The van der Waals surface area contributed by atoms with E-state index in [1.807, 2.05) is 37.3 Å². The number of halogens is 1. The third kappa shape index (κ3) is 4.87. The van der Waals surface area contributed by atoms with Gasteiger partial charge in [0, 0.05) is 11.6 Å². The number of hydrogen-bond acceptors (Lipinski definition) is 1. The molecule has 0 fully saturated rings. The zero-order chi connectivity index (χ0) is 17.4. The molecule has 0 bridgehead atoms. The predicted octanol–water partition coefficient (Wildman–Crippen LogP) is 5.37. The predicted molar refractivity (Wildman–Crippen MR) is 98.5 cm³/mol. The molecule has 122 valence electrons. The summed E-state index contributed by atoms with van der Waals surface area (Å²) in [4.78, 5) is 17.8. The van der Waals surface area contributed by atoms with E-state index in [0.717, 1.165) is 5.56 Å². The van der Waals surface area contributed by atoms with E-state index < -0.39 is 0 Å². The zero-order valence-electron chi connectivity index (χ0n) is 13.4. The third-order valence-corrected chi connectivity index (χ3v) is 3.73. The number of hydrogen-bond donors (Lipinski definition) is 0. The summed E-state index contributed by atoms with van der Waals surface area (Å²) in [5, 5.41) is 0.617. The maximum Gasteiger partial charge on any atom is 0.374 e. The summed E-state index contributed by atoms with van der Waals surface area (Å²) in [6.07, 6.45) is 1.68. The Bertz CT molecular complexity index is 748. The zero-order valence-corrected chi connectivity index (χ0v) is 14.1. The van der Waals surface area contributed by atoms with Gasteiger partial charge in [0.2, 0.25) is 0 Å². The van der Waals surface area contributed by atoms with Gasteiger partial charge in [-0.15, -0.1) is 6.58 Å². The van der Waals surface area contributed by atoms with Crippen LogP contribution < -0.4 is 0 Å². The Morgan fingerprint density at radius 3 is 2.58 bits per heavy atom. The molecule has 4 nitrogen and oxygen atoms in total. The maximum atomic E-state index is 12.4. The second kappa shape index (κ2) is 8.76. The number of benzene rings is 2. The highest BCUT2D eigenvalue weighted by Crippen LogP contribution is 2.22. The van der Waals surface area contributed by atoms with Crippen LogP contribution in [0.1, 0.15) is 18.5 Å². The first-order valence-electron chi connectivity index (χ1n) is 7.50. The largest absolute Gasteiger partial charge is 0.374 e. The highest BCUT2D eigenvalue weighted by Gasteiger charge is 2.22. The normalized spacial score (nSPS) is 10.9. The SMILES string of the molecule is C=CCN(C(=O)C#[N+][N-]c1ccc(Cl)cc1)[C@@H](C)c1ccccc1. The number of rotatable bonds is 5. The van der Waals surface area contributed by atoms with Gasteiger partial charge in [0.05, 0.1) is 6.04 Å². The van der Waals surface area contributed by atoms with E-state index >= 15 is 0 Å². The highest BCUT2D eigenvalue weighted by atomic mass is 35.5. The molecule has 1 amide bonds. The molecular weight excluding hydrogens is 322 g/mol. The molecule has 0 aliphatic rings. The summed E-state index contributed by atoms with van der Waals surface area (Å²) in [6, 6.07) is 18.9. The van der Waals surface area contributed by atoms with Crippen LogP contribution in [0.2, 0.25) is 5.02 Å². The van der Waals surface area contributed by atoms with E-state index in [0.29, 0.717) is 17.3 Å². The minimum atomic E-state index is -0.344. The Morgan fingerprint density at radius 1 is 1.29 bits per heavy atom. The Balaban J connectivity index is 2.08. The van der Waals surface area contributed by atoms with Crippen molar-refractivity contribution in [3.05, 3.63) is 88.2 Å². The molecule has 0 heterocycles. The first-order valence-corrected chi connectivity index (χ1v) is 7.88. The quantitative estimate of drug-likeness (QED) is 0.410. The molecule has 0 aromatic heterocycles. The molecule has 24 heavy (non-hydrogen) atoms. The molecule has 0 saturated carbocycles. The molecule has 0 aliphatic carbocycles. The van der Waals surface area contributed by atoms with Crippen molar-refractivity contribution >= 4 is 23.2 Å². The first kappa shape index (κ1) is 17.6. The lowest BCUT2D eigenvalue weighted by Crippen LogP contribution is -2.32. The van der Waals surface area contributed by atoms with E-state index in [9.17, 15) is 4.79 Å². The summed E-state index contributed by atoms with van der Waals surface area (Å²) in [5.41, 5.74) is 5.58. The number of carbonyl (C=O) groups is 1. The van der Waals surface area contributed by atoms with Gasteiger partial charge < -0.3 is 4.90 Å². The monoisotopic (exact) mass is 339 g/mol. The molecule has 2 aromatic carbocycles. The Hall–Kier alpha value is -2.77. The van der Waals surface area contributed by atoms with Gasteiger partial charge in [-0.2, -0.15) is 0 Å². The van der Waals surface area contributed by atoms with Crippen molar-refractivity contribution in [2.45, 2.75) is 13.0 Å². The van der Waals surface area contributed by atoms with Gasteiger partial charge in [-0.1, -0.05) is 70.8 Å². The second-order valence-electron chi connectivity index (χ2n) is 5.12. The lowest BCUT2D eigenvalue weighted by Gasteiger charge is -2.25. The molecule has 0 radical (unpaired) electrons. The minimum absolute atomic E-state index is 0.116. The van der Waals surface area contributed by atoms with Crippen molar-refractivity contribution in [3.63, 3.8) is 0 Å². The van der Waals surface area contributed by atoms with Crippen molar-refractivity contribution in [1.82, 2.24) is 4.90 Å². The smallest absolute Gasteiger partial charge is 0.316 e. The van der Waals surface area contributed by atoms with Crippen LogP contribution in [0, 0.1) is 6.07 Å². The summed E-state index contributed by atoms with van der Waals surface area (Å²) in [5.74, 6) is -0.344. The fourth-order valence-electron chi connectivity index (χ4n) is 2.16. The standard InChI is InChI=1S/C19H18ClN3O/c1-3-13-23(15(2)16-7-5-4-6-8-16)19(24)14-21-22-18-11-9-17(20)10-12-18/h3-12,15H,1,13H2,2H3/t15-/m0/s1. The number of nitrogens with zero attached hydrogens (tertiary/aromatic N) is 3. The van der Waals surface area contributed by atoms with Crippen LogP contribution in [0.3, 0.4) is 0 Å². The van der Waals surface area contributed by atoms with Crippen molar-refractivity contribution in [1.29, 1.82) is 0 Å². The van der Waals surface area contributed by atoms with Crippen LogP contribution in [-0.2, 0) is 4.79 Å². The van der Waals surface area contributed by atoms with Gasteiger partial charge >= 0.3 is 12.0 Å². The van der Waals surface area contributed by atoms with Crippen LogP contribution in [0.15, 0.2) is 67.3 Å². The average molecular weight is 340 g/mol. The molecule has 0 spiro atoms. The molecule has 0 saturated heterocycles. The molecule has 0 unspecified atom stereocenters. The van der Waals surface area contributed by atoms with Gasteiger partial charge in [0.1, 0.15) is 0 Å². The molecule has 1 atom stereocenters. The molecule has 0 aliphatic heterocycles. The van der Waals surface area contributed by atoms with Crippen LogP contribution in [0.25, 0.3) is 10.4 Å². The average Bonchev–Trinajstić information content (AvgIpc) is 2.61. The number of carbonyl (C=O) groups excluding carboxylic acids is 1. The van der Waals surface area contributed by atoms with E-state index in [-0.39, 0.29) is 11.9 Å². The second-order valence-corrected chi connectivity index (χ2v) is 5.56. The number of amides is 1. The van der Waals surface area contributed by atoms with Gasteiger partial charge in [0.15, 0.2) is 0 Å². The van der Waals surface area contributed by atoms with Gasteiger partial charge in [-0.3, -0.25) is 10.2 Å². The van der Waals surface area contributed by atoms with Crippen LogP contribution >= 0.6 is 11.6 Å². The third-order valence-electron chi connectivity index (χ3n) is 3.47. The summed E-state index contributed by atoms with van der Waals surface area (Å²) >= 11 is 5.81. The topological polar surface area (TPSA) is 38.8 Å².